The first kappa shape index (κ1) is 29.0. The normalized spacial score (nSPS) is 13.6. The van der Waals surface area contributed by atoms with Crippen molar-refractivity contribution in [1.29, 1.82) is 0 Å². The van der Waals surface area contributed by atoms with Crippen LogP contribution in [0.4, 0.5) is 11.5 Å². The lowest BCUT2D eigenvalue weighted by molar-refractivity contribution is 0.0956. The fourth-order valence-electron chi connectivity index (χ4n) is 4.65. The van der Waals surface area contributed by atoms with Crippen LogP contribution in [0, 0.1) is 0 Å². The predicted molar refractivity (Wildman–Crippen MR) is 168 cm³/mol. The summed E-state index contributed by atoms with van der Waals surface area (Å²) in [5, 5.41) is 6.93. The highest BCUT2D eigenvalue weighted by molar-refractivity contribution is 9.10. The largest absolute Gasteiger partial charge is 0.497 e. The zero-order valence-electron chi connectivity index (χ0n) is 23.2. The number of nitrogens with zero attached hydrogens (tertiary/aromatic N) is 4. The van der Waals surface area contributed by atoms with Crippen LogP contribution in [0.1, 0.15) is 31.8 Å². The summed E-state index contributed by atoms with van der Waals surface area (Å²) < 4.78 is 5.91. The Morgan fingerprint density at radius 2 is 1.76 bits per heavy atom. The molecule has 1 aliphatic rings. The Kier molecular flexibility index (Phi) is 9.58. The van der Waals surface area contributed by atoms with Crippen LogP contribution in [0.25, 0.3) is 0 Å². The molecule has 2 heterocycles. The van der Waals surface area contributed by atoms with Gasteiger partial charge in [0, 0.05) is 49.0 Å². The van der Waals surface area contributed by atoms with E-state index in [1.165, 1.54) is 6.21 Å². The number of hydrogen-bond donors (Lipinski definition) is 2. The Morgan fingerprint density at radius 3 is 2.50 bits per heavy atom. The number of benzene rings is 3. The molecule has 0 radical (unpaired) electrons. The number of rotatable bonds is 9. The van der Waals surface area contributed by atoms with E-state index in [0.29, 0.717) is 21.5 Å². The molecular formula is C32H31BrN6O3. The van der Waals surface area contributed by atoms with Gasteiger partial charge in [0.25, 0.3) is 11.8 Å². The molecule has 0 bridgehead atoms. The van der Waals surface area contributed by atoms with Gasteiger partial charge >= 0.3 is 0 Å². The van der Waals surface area contributed by atoms with Gasteiger partial charge in [0.1, 0.15) is 11.6 Å². The van der Waals surface area contributed by atoms with Crippen LogP contribution in [0.15, 0.2) is 101 Å². The first-order valence-electron chi connectivity index (χ1n) is 13.5. The molecular weight excluding hydrogens is 596 g/mol. The molecule has 4 aromatic rings. The Morgan fingerprint density at radius 1 is 0.952 bits per heavy atom. The van der Waals surface area contributed by atoms with Crippen molar-refractivity contribution >= 4 is 45.5 Å². The van der Waals surface area contributed by atoms with Gasteiger partial charge in [-0.3, -0.25) is 14.5 Å². The monoisotopic (exact) mass is 626 g/mol. The van der Waals surface area contributed by atoms with Gasteiger partial charge in [0.15, 0.2) is 0 Å². The summed E-state index contributed by atoms with van der Waals surface area (Å²) in [6.45, 7) is 4.54. The van der Waals surface area contributed by atoms with Crippen molar-refractivity contribution in [2.24, 2.45) is 5.10 Å². The molecule has 0 unspecified atom stereocenters. The molecule has 2 amide bonds. The summed E-state index contributed by atoms with van der Waals surface area (Å²) in [4.78, 5) is 35.2. The van der Waals surface area contributed by atoms with E-state index in [4.69, 9.17) is 4.74 Å². The van der Waals surface area contributed by atoms with Crippen LogP contribution in [-0.4, -0.2) is 61.2 Å². The lowest BCUT2D eigenvalue weighted by Gasteiger charge is -2.35. The van der Waals surface area contributed by atoms with Crippen LogP contribution >= 0.6 is 15.9 Å². The number of pyridine rings is 1. The van der Waals surface area contributed by atoms with Crippen LogP contribution < -0.4 is 20.4 Å². The second-order valence-corrected chi connectivity index (χ2v) is 10.7. The maximum absolute atomic E-state index is 13.1. The number of piperazine rings is 1. The Labute approximate surface area is 253 Å². The van der Waals surface area contributed by atoms with Crippen molar-refractivity contribution in [3.63, 3.8) is 0 Å². The lowest BCUT2D eigenvalue weighted by Crippen LogP contribution is -2.46. The Bertz CT molecular complexity index is 1550. The number of carbonyl (C=O) groups excluding carboxylic acids is 2. The van der Waals surface area contributed by atoms with Crippen molar-refractivity contribution in [1.82, 2.24) is 15.3 Å². The number of methoxy groups -OCH3 is 1. The average molecular weight is 628 g/mol. The minimum absolute atomic E-state index is 0.280. The van der Waals surface area contributed by atoms with Crippen molar-refractivity contribution in [3.05, 3.63) is 118 Å². The fraction of sp³-hybridized carbons (Fsp3) is 0.188. The van der Waals surface area contributed by atoms with Crippen molar-refractivity contribution < 1.29 is 14.3 Å². The summed E-state index contributed by atoms with van der Waals surface area (Å²) in [5.41, 5.74) is 5.60. The minimum atomic E-state index is -0.454. The summed E-state index contributed by atoms with van der Waals surface area (Å²) in [6.07, 6.45) is 3.35. The van der Waals surface area contributed by atoms with E-state index in [1.807, 2.05) is 66.9 Å². The molecule has 1 aliphatic heterocycles. The Balaban J connectivity index is 1.17. The van der Waals surface area contributed by atoms with Gasteiger partial charge in [0.2, 0.25) is 0 Å². The second kappa shape index (κ2) is 13.9. The van der Waals surface area contributed by atoms with E-state index in [-0.39, 0.29) is 11.5 Å². The molecule has 2 N–H and O–H groups in total. The maximum Gasteiger partial charge on any atom is 0.273 e. The van der Waals surface area contributed by atoms with Gasteiger partial charge in [-0.2, -0.15) is 5.10 Å². The van der Waals surface area contributed by atoms with E-state index >= 15 is 0 Å². The number of hydrazone groups is 1. The highest BCUT2D eigenvalue weighted by Gasteiger charge is 2.19. The number of halogens is 1. The second-order valence-electron chi connectivity index (χ2n) is 9.77. The molecule has 10 heteroatoms. The number of hydrogen-bond acceptors (Lipinski definition) is 7. The van der Waals surface area contributed by atoms with Crippen molar-refractivity contribution in [2.75, 3.05) is 43.5 Å². The van der Waals surface area contributed by atoms with E-state index < -0.39 is 5.91 Å². The average Bonchev–Trinajstić information content (AvgIpc) is 3.03. The van der Waals surface area contributed by atoms with E-state index in [2.05, 4.69) is 46.6 Å². The zero-order valence-corrected chi connectivity index (χ0v) is 24.8. The first-order valence-corrected chi connectivity index (χ1v) is 14.3. The summed E-state index contributed by atoms with van der Waals surface area (Å²) in [7, 11) is 1.59. The third kappa shape index (κ3) is 7.59. The number of carbonyl (C=O) groups is 2. The summed E-state index contributed by atoms with van der Waals surface area (Å²) in [6, 6.07) is 26.0. The van der Waals surface area contributed by atoms with Crippen LogP contribution in [0.5, 0.6) is 5.75 Å². The molecule has 9 nitrogen and oxygen atoms in total. The van der Waals surface area contributed by atoms with Crippen molar-refractivity contribution in [2.45, 2.75) is 6.54 Å². The third-order valence-corrected chi connectivity index (χ3v) is 7.41. The molecule has 1 saturated heterocycles. The molecule has 3 aromatic carbocycles. The molecule has 1 aromatic heterocycles. The zero-order chi connectivity index (χ0) is 29.3. The SMILES string of the molecule is COc1cccc(/C=N/NC(=O)c2cc(Br)ccc2NC(=O)c2ccc(CN3CCN(c4ccccn4)CC3)cc2)c1. The lowest BCUT2D eigenvalue weighted by atomic mass is 10.1. The first-order chi connectivity index (χ1) is 20.5. The fourth-order valence-corrected chi connectivity index (χ4v) is 5.01. The van der Waals surface area contributed by atoms with Crippen LogP contribution in [0.2, 0.25) is 0 Å². The molecule has 214 valence electrons. The van der Waals surface area contributed by atoms with Gasteiger partial charge in [-0.15, -0.1) is 0 Å². The molecule has 0 aliphatic carbocycles. The molecule has 1 fully saturated rings. The molecule has 0 saturated carbocycles. The minimum Gasteiger partial charge on any atom is -0.497 e. The van der Waals surface area contributed by atoms with Gasteiger partial charge < -0.3 is 15.0 Å². The highest BCUT2D eigenvalue weighted by atomic mass is 79.9. The van der Waals surface area contributed by atoms with Crippen LogP contribution in [0.3, 0.4) is 0 Å². The number of nitrogens with one attached hydrogen (secondary N) is 2. The standard InChI is InChI=1S/C32H31BrN6O3/c1-42-27-6-4-5-24(19-27)21-35-37-32(41)28-20-26(33)12-13-29(28)36-31(40)25-10-8-23(9-11-25)22-38-15-17-39(18-16-38)30-7-2-3-14-34-30/h2-14,19-21H,15-18,22H2,1H3,(H,36,40)(H,37,41)/b35-21+. The van der Waals surface area contributed by atoms with Gasteiger partial charge in [-0.05, 0) is 65.7 Å². The Hall–Kier alpha value is -4.54. The summed E-state index contributed by atoms with van der Waals surface area (Å²) >= 11 is 3.41. The maximum atomic E-state index is 13.1. The number of anilines is 2. The van der Waals surface area contributed by atoms with E-state index in [0.717, 1.165) is 49.7 Å². The third-order valence-electron chi connectivity index (χ3n) is 6.92. The number of amides is 2. The molecule has 0 atom stereocenters. The van der Waals surface area contributed by atoms with Crippen LogP contribution in [-0.2, 0) is 6.54 Å². The molecule has 5 rings (SSSR count). The van der Waals surface area contributed by atoms with Gasteiger partial charge in [-0.1, -0.05) is 46.3 Å². The van der Waals surface area contributed by atoms with E-state index in [9.17, 15) is 9.59 Å². The molecule has 0 spiro atoms. The number of ether oxygens (including phenoxy) is 1. The predicted octanol–water partition coefficient (Wildman–Crippen LogP) is 5.19. The molecule has 42 heavy (non-hydrogen) atoms. The quantitative estimate of drug-likeness (QED) is 0.196. The number of aromatic nitrogens is 1. The van der Waals surface area contributed by atoms with Crippen molar-refractivity contribution in [3.8, 4) is 5.75 Å². The smallest absolute Gasteiger partial charge is 0.273 e. The summed E-state index contributed by atoms with van der Waals surface area (Å²) in [5.74, 6) is 0.945. The topological polar surface area (TPSA) is 99.2 Å². The van der Waals surface area contributed by atoms with Gasteiger partial charge in [0.05, 0.1) is 24.6 Å². The van der Waals surface area contributed by atoms with E-state index in [1.54, 1.807) is 31.4 Å². The highest BCUT2D eigenvalue weighted by Crippen LogP contribution is 2.22. The van der Waals surface area contributed by atoms with Gasteiger partial charge in [-0.25, -0.2) is 10.4 Å².